The Labute approximate surface area is 114 Å². The zero-order valence-corrected chi connectivity index (χ0v) is 10.5. The fraction of sp³-hybridized carbons (Fsp3) is 0.214. The molecular weight excluding hydrogens is 258 g/mol. The number of nitrogens with zero attached hydrogens (tertiary/aromatic N) is 2. The van der Waals surface area contributed by atoms with Crippen LogP contribution in [-0.2, 0) is 9.59 Å². The third-order valence-electron chi connectivity index (χ3n) is 3.46. The second-order valence-electron chi connectivity index (χ2n) is 4.66. The smallest absolute Gasteiger partial charge is 0.235 e. The van der Waals surface area contributed by atoms with Crippen LogP contribution >= 0.6 is 0 Å². The number of amides is 2. The molecule has 3 rings (SSSR count). The van der Waals surface area contributed by atoms with Gasteiger partial charge in [-0.25, -0.2) is 0 Å². The van der Waals surface area contributed by atoms with E-state index in [1.165, 1.54) is 6.20 Å². The van der Waals surface area contributed by atoms with E-state index >= 15 is 0 Å². The highest BCUT2D eigenvalue weighted by molar-refractivity contribution is 6.04. The summed E-state index contributed by atoms with van der Waals surface area (Å²) in [6, 6.07) is 5.23. The minimum atomic E-state index is -0.509. The maximum Gasteiger partial charge on any atom is 0.235 e. The van der Waals surface area contributed by atoms with Gasteiger partial charge in [0.1, 0.15) is 0 Å². The lowest BCUT2D eigenvalue weighted by Crippen LogP contribution is -2.39. The van der Waals surface area contributed by atoms with Gasteiger partial charge in [0, 0.05) is 22.8 Å². The topological polar surface area (TPSA) is 89.0 Å². The molecule has 6 nitrogen and oxygen atoms in total. The van der Waals surface area contributed by atoms with Crippen LogP contribution in [0.5, 0.6) is 0 Å². The number of carbonyl (C=O) groups is 3. The molecule has 1 fully saturated rings. The lowest BCUT2D eigenvalue weighted by molar-refractivity contribution is -0.134. The highest BCUT2D eigenvalue weighted by Crippen LogP contribution is 2.29. The van der Waals surface area contributed by atoms with Gasteiger partial charge in [0.2, 0.25) is 11.8 Å². The molecule has 2 amide bonds. The second-order valence-corrected chi connectivity index (χ2v) is 4.66. The number of hydrogen-bond acceptors (Lipinski definition) is 5. The third-order valence-corrected chi connectivity index (χ3v) is 3.46. The summed E-state index contributed by atoms with van der Waals surface area (Å²) >= 11 is 0. The molecule has 1 atom stereocenters. The summed E-state index contributed by atoms with van der Waals surface area (Å²) in [5, 5.41) is 11.6. The first-order valence-corrected chi connectivity index (χ1v) is 6.24. The van der Waals surface area contributed by atoms with Crippen LogP contribution in [0.2, 0.25) is 0 Å². The molecule has 0 bridgehead atoms. The molecule has 1 aromatic heterocycles. The largest absolute Gasteiger partial charge is 0.298 e. The van der Waals surface area contributed by atoms with Crippen molar-refractivity contribution in [3.8, 4) is 0 Å². The third kappa shape index (κ3) is 1.95. The standard InChI is InChI=1S/C14H11N3O3/c18-7-8-2-1-3-9-11(8)6-15-17-13(9)10-4-5-12(19)16-14(10)20/h1-3,6-7,10H,4-5H2,(H,16,19,20). The minimum absolute atomic E-state index is 0.270. The van der Waals surface area contributed by atoms with Crippen LogP contribution in [0.15, 0.2) is 24.4 Å². The van der Waals surface area contributed by atoms with Crippen LogP contribution in [0.4, 0.5) is 0 Å². The summed E-state index contributed by atoms with van der Waals surface area (Å²) in [5.41, 5.74) is 1.02. The summed E-state index contributed by atoms with van der Waals surface area (Å²) in [6.45, 7) is 0. The van der Waals surface area contributed by atoms with Gasteiger partial charge in [0.05, 0.1) is 17.8 Å². The molecule has 1 unspecified atom stereocenters. The Kier molecular flexibility index (Phi) is 2.98. The summed E-state index contributed by atoms with van der Waals surface area (Å²) in [6.07, 6.45) is 2.94. The molecule has 1 aromatic carbocycles. The molecule has 1 N–H and O–H groups in total. The first kappa shape index (κ1) is 12.4. The summed E-state index contributed by atoms with van der Waals surface area (Å²) in [5.74, 6) is -1.14. The van der Waals surface area contributed by atoms with Crippen molar-refractivity contribution >= 4 is 28.9 Å². The Bertz CT molecular complexity index is 727. The predicted molar refractivity (Wildman–Crippen MR) is 70.1 cm³/mol. The number of piperidine rings is 1. The Morgan fingerprint density at radius 2 is 2.10 bits per heavy atom. The van der Waals surface area contributed by atoms with Crippen molar-refractivity contribution in [1.82, 2.24) is 15.5 Å². The molecule has 0 saturated carbocycles. The van der Waals surface area contributed by atoms with Crippen LogP contribution in [0, 0.1) is 0 Å². The van der Waals surface area contributed by atoms with Crippen molar-refractivity contribution < 1.29 is 14.4 Å². The lowest BCUT2D eigenvalue weighted by atomic mass is 9.91. The number of benzene rings is 1. The lowest BCUT2D eigenvalue weighted by Gasteiger charge is -2.21. The molecular formula is C14H11N3O3. The van der Waals surface area contributed by atoms with E-state index in [2.05, 4.69) is 15.5 Å². The van der Waals surface area contributed by atoms with Crippen molar-refractivity contribution in [3.05, 3.63) is 35.7 Å². The van der Waals surface area contributed by atoms with Gasteiger partial charge in [-0.15, -0.1) is 0 Å². The van der Waals surface area contributed by atoms with Gasteiger partial charge in [0.25, 0.3) is 0 Å². The van der Waals surface area contributed by atoms with E-state index in [0.717, 1.165) is 11.7 Å². The van der Waals surface area contributed by atoms with Crippen LogP contribution in [0.1, 0.15) is 34.8 Å². The van der Waals surface area contributed by atoms with E-state index in [9.17, 15) is 14.4 Å². The number of hydrogen-bond donors (Lipinski definition) is 1. The van der Waals surface area contributed by atoms with Crippen LogP contribution in [0.3, 0.4) is 0 Å². The molecule has 1 aliphatic rings. The van der Waals surface area contributed by atoms with Crippen molar-refractivity contribution in [2.24, 2.45) is 0 Å². The van der Waals surface area contributed by atoms with E-state index in [1.807, 2.05) is 0 Å². The Morgan fingerprint density at radius 3 is 2.85 bits per heavy atom. The number of imide groups is 1. The number of aldehydes is 1. The van der Waals surface area contributed by atoms with Gasteiger partial charge in [-0.2, -0.15) is 10.2 Å². The van der Waals surface area contributed by atoms with E-state index < -0.39 is 5.92 Å². The highest BCUT2D eigenvalue weighted by atomic mass is 16.2. The molecule has 2 heterocycles. The molecule has 0 radical (unpaired) electrons. The normalized spacial score (nSPS) is 18.9. The predicted octanol–water partition coefficient (Wildman–Crippen LogP) is 0.962. The molecule has 2 aromatic rings. The summed E-state index contributed by atoms with van der Waals surface area (Å²) in [7, 11) is 0. The van der Waals surface area contributed by atoms with Gasteiger partial charge in [0.15, 0.2) is 6.29 Å². The quantitative estimate of drug-likeness (QED) is 0.648. The number of nitrogens with one attached hydrogen (secondary N) is 1. The summed E-state index contributed by atoms with van der Waals surface area (Å²) in [4.78, 5) is 34.2. The van der Waals surface area contributed by atoms with Crippen molar-refractivity contribution in [2.75, 3.05) is 0 Å². The van der Waals surface area contributed by atoms with E-state index in [-0.39, 0.29) is 18.2 Å². The maximum absolute atomic E-state index is 11.9. The summed E-state index contributed by atoms with van der Waals surface area (Å²) < 4.78 is 0. The number of rotatable bonds is 2. The Hall–Kier alpha value is -2.63. The minimum Gasteiger partial charge on any atom is -0.298 e. The monoisotopic (exact) mass is 269 g/mol. The van der Waals surface area contributed by atoms with Crippen LogP contribution < -0.4 is 5.32 Å². The van der Waals surface area contributed by atoms with E-state index in [0.29, 0.717) is 23.1 Å². The molecule has 20 heavy (non-hydrogen) atoms. The van der Waals surface area contributed by atoms with Gasteiger partial charge in [-0.05, 0) is 6.42 Å². The zero-order chi connectivity index (χ0) is 14.1. The van der Waals surface area contributed by atoms with E-state index in [1.54, 1.807) is 18.2 Å². The molecule has 0 spiro atoms. The average molecular weight is 269 g/mol. The number of carbonyl (C=O) groups excluding carboxylic acids is 3. The first-order valence-electron chi connectivity index (χ1n) is 6.24. The van der Waals surface area contributed by atoms with Gasteiger partial charge < -0.3 is 0 Å². The fourth-order valence-electron chi connectivity index (χ4n) is 2.47. The zero-order valence-electron chi connectivity index (χ0n) is 10.5. The SMILES string of the molecule is O=Cc1cccc2c(C3CCC(=O)NC3=O)nncc12. The van der Waals surface area contributed by atoms with Crippen LogP contribution in [-0.4, -0.2) is 28.3 Å². The van der Waals surface area contributed by atoms with E-state index in [4.69, 9.17) is 0 Å². The van der Waals surface area contributed by atoms with Gasteiger partial charge in [-0.1, -0.05) is 18.2 Å². The van der Waals surface area contributed by atoms with Gasteiger partial charge in [-0.3, -0.25) is 19.7 Å². The molecule has 1 saturated heterocycles. The number of aromatic nitrogens is 2. The molecule has 1 aliphatic heterocycles. The van der Waals surface area contributed by atoms with Gasteiger partial charge >= 0.3 is 0 Å². The molecule has 6 heteroatoms. The van der Waals surface area contributed by atoms with Crippen molar-refractivity contribution in [3.63, 3.8) is 0 Å². The maximum atomic E-state index is 11.9. The van der Waals surface area contributed by atoms with Crippen molar-refractivity contribution in [1.29, 1.82) is 0 Å². The van der Waals surface area contributed by atoms with Crippen LogP contribution in [0.25, 0.3) is 10.8 Å². The number of fused-ring (bicyclic) bond motifs is 1. The Morgan fingerprint density at radius 1 is 1.25 bits per heavy atom. The first-order chi connectivity index (χ1) is 9.70. The second kappa shape index (κ2) is 4.80. The molecule has 100 valence electrons. The fourth-order valence-corrected chi connectivity index (χ4v) is 2.47. The molecule has 0 aliphatic carbocycles. The Balaban J connectivity index is 2.15. The average Bonchev–Trinajstić information content (AvgIpc) is 2.46. The van der Waals surface area contributed by atoms with Crippen molar-refractivity contribution in [2.45, 2.75) is 18.8 Å². The highest BCUT2D eigenvalue weighted by Gasteiger charge is 2.30.